The maximum Gasteiger partial charge on any atom is 0.287 e. The summed E-state index contributed by atoms with van der Waals surface area (Å²) < 4.78 is 39.4. The van der Waals surface area contributed by atoms with Gasteiger partial charge in [-0.25, -0.2) is 0 Å². The van der Waals surface area contributed by atoms with Crippen molar-refractivity contribution in [1.29, 1.82) is 0 Å². The van der Waals surface area contributed by atoms with Gasteiger partial charge in [0.05, 0.1) is 24.8 Å². The van der Waals surface area contributed by atoms with Gasteiger partial charge >= 0.3 is 0 Å². The van der Waals surface area contributed by atoms with Gasteiger partial charge in [-0.15, -0.1) is 4.40 Å². The minimum atomic E-state index is -3.97. The molecule has 1 aliphatic heterocycles. The van der Waals surface area contributed by atoms with Gasteiger partial charge in [0.25, 0.3) is 15.7 Å². The molecule has 0 aliphatic carbocycles. The second-order valence-electron chi connectivity index (χ2n) is 6.00. The lowest BCUT2D eigenvalue weighted by atomic mass is 10.2. The average molecular weight is 406 g/mol. The third-order valence-electron chi connectivity index (χ3n) is 4.12. The molecule has 2 aromatic rings. The van der Waals surface area contributed by atoms with Crippen LogP contribution in [0.25, 0.3) is 0 Å². The van der Waals surface area contributed by atoms with Crippen LogP contribution in [0.2, 0.25) is 0 Å². The molecule has 3 rings (SSSR count). The van der Waals surface area contributed by atoms with Crippen LogP contribution in [0.5, 0.6) is 11.5 Å². The predicted octanol–water partition coefficient (Wildman–Crippen LogP) is 2.21. The number of hydrogen-bond donors (Lipinski definition) is 1. The fraction of sp³-hybridized carbons (Fsp3) is 0.235. The van der Waals surface area contributed by atoms with Gasteiger partial charge < -0.3 is 19.7 Å². The van der Waals surface area contributed by atoms with E-state index in [0.29, 0.717) is 17.0 Å². The molecule has 11 heteroatoms. The average Bonchev–Trinajstić information content (AvgIpc) is 2.66. The molecular formula is C17H18N4O6S. The van der Waals surface area contributed by atoms with Crippen molar-refractivity contribution >= 4 is 27.4 Å². The van der Waals surface area contributed by atoms with E-state index < -0.39 is 14.9 Å². The van der Waals surface area contributed by atoms with Crippen LogP contribution < -0.4 is 14.8 Å². The number of ether oxygens (including phenoxy) is 2. The van der Waals surface area contributed by atoms with E-state index in [1.807, 2.05) is 0 Å². The largest absolute Gasteiger partial charge is 0.493 e. The molecule has 0 atom stereocenters. The second-order valence-corrected chi connectivity index (χ2v) is 7.57. The maximum atomic E-state index is 12.6. The zero-order valence-corrected chi connectivity index (χ0v) is 16.2. The molecule has 2 aromatic carbocycles. The first-order valence-corrected chi connectivity index (χ1v) is 9.51. The highest BCUT2D eigenvalue weighted by Gasteiger charge is 2.29. The first-order valence-electron chi connectivity index (χ1n) is 8.07. The van der Waals surface area contributed by atoms with E-state index >= 15 is 0 Å². The van der Waals surface area contributed by atoms with Crippen LogP contribution in [0.15, 0.2) is 45.7 Å². The number of fused-ring (bicyclic) bond motifs is 1. The zero-order valence-electron chi connectivity index (χ0n) is 15.4. The Morgan fingerprint density at radius 2 is 1.86 bits per heavy atom. The number of benzene rings is 2. The molecule has 1 aliphatic rings. The van der Waals surface area contributed by atoms with Gasteiger partial charge in [-0.05, 0) is 5.56 Å². The predicted molar refractivity (Wildman–Crippen MR) is 102 cm³/mol. The molecule has 0 aromatic heterocycles. The molecule has 0 amide bonds. The number of anilines is 1. The Hall–Kier alpha value is -3.34. The van der Waals surface area contributed by atoms with Crippen LogP contribution >= 0.6 is 0 Å². The van der Waals surface area contributed by atoms with Crippen LogP contribution in [-0.2, 0) is 16.6 Å². The molecule has 0 unspecified atom stereocenters. The molecule has 148 valence electrons. The maximum absolute atomic E-state index is 12.6. The van der Waals surface area contributed by atoms with E-state index in [0.717, 1.165) is 0 Å². The lowest BCUT2D eigenvalue weighted by molar-refractivity contribution is -0.384. The van der Waals surface area contributed by atoms with Crippen molar-refractivity contribution in [2.45, 2.75) is 11.4 Å². The highest BCUT2D eigenvalue weighted by atomic mass is 32.2. The molecule has 0 fully saturated rings. The van der Waals surface area contributed by atoms with Crippen molar-refractivity contribution in [3.05, 3.63) is 52.1 Å². The van der Waals surface area contributed by atoms with Crippen LogP contribution in [0.3, 0.4) is 0 Å². The van der Waals surface area contributed by atoms with E-state index in [1.165, 1.54) is 38.5 Å². The summed E-state index contributed by atoms with van der Waals surface area (Å²) in [4.78, 5) is 12.0. The van der Waals surface area contributed by atoms with Gasteiger partial charge in [0.15, 0.2) is 11.5 Å². The number of nitro benzene ring substituents is 1. The highest BCUT2D eigenvalue weighted by molar-refractivity contribution is 7.90. The summed E-state index contributed by atoms with van der Waals surface area (Å²) in [6.45, 7) is 0.214. The standard InChI is InChI=1S/C17H18N4O6S/c1-20(10-11-5-4-6-12(7-11)21(22)23)17-18-13-8-14(26-2)15(27-3)9-16(13)28(24,25)19-17/h4-9H,10H2,1-3H3,(H,18,19). The molecule has 1 N–H and O–H groups in total. The smallest absolute Gasteiger partial charge is 0.287 e. The molecule has 10 nitrogen and oxygen atoms in total. The monoisotopic (exact) mass is 406 g/mol. The number of rotatable bonds is 5. The summed E-state index contributed by atoms with van der Waals surface area (Å²) in [6, 6.07) is 8.96. The van der Waals surface area contributed by atoms with Crippen molar-refractivity contribution < 1.29 is 22.8 Å². The molecule has 0 spiro atoms. The van der Waals surface area contributed by atoms with Crippen molar-refractivity contribution in [2.24, 2.45) is 4.40 Å². The van der Waals surface area contributed by atoms with E-state index in [-0.39, 0.29) is 28.8 Å². The molecular weight excluding hydrogens is 388 g/mol. The number of sulfonamides is 1. The Labute approximate surface area is 161 Å². The zero-order chi connectivity index (χ0) is 20.5. The van der Waals surface area contributed by atoms with Gasteiger partial charge in [0, 0.05) is 37.9 Å². The van der Waals surface area contributed by atoms with E-state index in [4.69, 9.17) is 9.47 Å². The summed E-state index contributed by atoms with van der Waals surface area (Å²) in [5.74, 6) is 0.730. The number of methoxy groups -OCH3 is 2. The van der Waals surface area contributed by atoms with Crippen LogP contribution in [0.4, 0.5) is 11.4 Å². The molecule has 0 radical (unpaired) electrons. The first kappa shape index (κ1) is 19.4. The number of non-ortho nitro benzene ring substituents is 1. The van der Waals surface area contributed by atoms with Crippen molar-refractivity contribution in [2.75, 3.05) is 26.6 Å². The lowest BCUT2D eigenvalue weighted by Gasteiger charge is -2.26. The number of hydrogen-bond acceptors (Lipinski definition) is 8. The summed E-state index contributed by atoms with van der Waals surface area (Å²) in [5.41, 5.74) is 0.893. The van der Waals surface area contributed by atoms with E-state index in [1.54, 1.807) is 24.1 Å². The second kappa shape index (κ2) is 7.35. The number of nitrogens with one attached hydrogen (secondary N) is 1. The van der Waals surface area contributed by atoms with Gasteiger partial charge in [-0.1, -0.05) is 12.1 Å². The molecule has 28 heavy (non-hydrogen) atoms. The van der Waals surface area contributed by atoms with Gasteiger partial charge in [-0.2, -0.15) is 8.42 Å². The van der Waals surface area contributed by atoms with Crippen molar-refractivity contribution in [1.82, 2.24) is 4.90 Å². The first-order chi connectivity index (χ1) is 13.2. The van der Waals surface area contributed by atoms with Gasteiger partial charge in [0.2, 0.25) is 5.96 Å². The van der Waals surface area contributed by atoms with Gasteiger partial charge in [-0.3, -0.25) is 10.1 Å². The van der Waals surface area contributed by atoms with Crippen LogP contribution in [0, 0.1) is 10.1 Å². The third kappa shape index (κ3) is 3.69. The van der Waals surface area contributed by atoms with E-state index in [2.05, 4.69) is 9.71 Å². The fourth-order valence-electron chi connectivity index (χ4n) is 2.76. The molecule has 0 bridgehead atoms. The number of guanidine groups is 1. The Kier molecular flexibility index (Phi) is 5.10. The SMILES string of the molecule is COc1cc2c(cc1OC)S(=O)(=O)N=C(N(C)Cc1cccc([N+](=O)[O-])c1)N2. The number of nitrogens with zero attached hydrogens (tertiary/aromatic N) is 3. The Bertz CT molecular complexity index is 1070. The van der Waals surface area contributed by atoms with Crippen LogP contribution in [-0.4, -0.2) is 45.5 Å². The Morgan fingerprint density at radius 1 is 1.18 bits per heavy atom. The number of nitro groups is 1. The van der Waals surface area contributed by atoms with Crippen LogP contribution in [0.1, 0.15) is 5.56 Å². The summed E-state index contributed by atoms with van der Waals surface area (Å²) in [7, 11) is 0.524. The Morgan fingerprint density at radius 3 is 2.50 bits per heavy atom. The molecule has 0 saturated heterocycles. The van der Waals surface area contributed by atoms with E-state index in [9.17, 15) is 18.5 Å². The quantitative estimate of drug-likeness (QED) is 0.592. The minimum Gasteiger partial charge on any atom is -0.493 e. The summed E-state index contributed by atoms with van der Waals surface area (Å²) in [5, 5.41) is 13.9. The molecule has 1 heterocycles. The third-order valence-corrected chi connectivity index (χ3v) is 5.43. The normalized spacial score (nSPS) is 14.3. The lowest BCUT2D eigenvalue weighted by Crippen LogP contribution is -2.36. The molecule has 0 saturated carbocycles. The topological polar surface area (TPSA) is 123 Å². The summed E-state index contributed by atoms with van der Waals surface area (Å²) >= 11 is 0. The minimum absolute atomic E-state index is 0.0300. The van der Waals surface area contributed by atoms with Gasteiger partial charge in [0.1, 0.15) is 4.90 Å². The van der Waals surface area contributed by atoms with Crippen molar-refractivity contribution in [3.63, 3.8) is 0 Å². The van der Waals surface area contributed by atoms with Crippen molar-refractivity contribution in [3.8, 4) is 11.5 Å². The highest BCUT2D eigenvalue weighted by Crippen LogP contribution is 2.38. The summed E-state index contributed by atoms with van der Waals surface area (Å²) in [6.07, 6.45) is 0. The fourth-order valence-corrected chi connectivity index (χ4v) is 3.91. The Balaban J connectivity index is 1.92.